The zero-order valence-electron chi connectivity index (χ0n) is 14.1. The quantitative estimate of drug-likeness (QED) is 0.414. The molecule has 0 spiro atoms. The normalized spacial score (nSPS) is 10.2. The second-order valence-corrected chi connectivity index (χ2v) is 5.24. The second-order valence-electron chi connectivity index (χ2n) is 5.24. The van der Waals surface area contributed by atoms with Crippen molar-refractivity contribution in [2.75, 3.05) is 14.2 Å². The van der Waals surface area contributed by atoms with Gasteiger partial charge in [0.15, 0.2) is 11.5 Å². The zero-order chi connectivity index (χ0) is 18.2. The van der Waals surface area contributed by atoms with Gasteiger partial charge in [0.2, 0.25) is 0 Å². The molecule has 0 amide bonds. The Morgan fingerprint density at radius 2 is 1.80 bits per heavy atom. The molecule has 132 valence electrons. The van der Waals surface area contributed by atoms with Crippen molar-refractivity contribution in [1.82, 2.24) is 0 Å². The van der Waals surface area contributed by atoms with E-state index in [-0.39, 0.29) is 18.7 Å². The predicted molar refractivity (Wildman–Crippen MR) is 90.8 cm³/mol. The average Bonchev–Trinajstić information content (AvgIpc) is 2.64. The molecule has 0 fully saturated rings. The summed E-state index contributed by atoms with van der Waals surface area (Å²) >= 11 is 0. The lowest BCUT2D eigenvalue weighted by atomic mass is 10.1. The number of methoxy groups -OCH3 is 2. The number of nitro benzene ring substituents is 1. The zero-order valence-corrected chi connectivity index (χ0v) is 14.1. The number of carbonyl (C=O) groups excluding carboxylic acids is 1. The van der Waals surface area contributed by atoms with Crippen LogP contribution in [0, 0.1) is 10.1 Å². The molecular weight excluding hydrogens is 326 g/mol. The van der Waals surface area contributed by atoms with E-state index in [4.69, 9.17) is 14.2 Å². The van der Waals surface area contributed by atoms with Gasteiger partial charge in [-0.25, -0.2) is 0 Å². The number of benzene rings is 2. The summed E-state index contributed by atoms with van der Waals surface area (Å²) in [7, 11) is 3.10. The van der Waals surface area contributed by atoms with E-state index in [1.54, 1.807) is 44.6 Å². The third kappa shape index (κ3) is 4.94. The number of hydrogen-bond donors (Lipinski definition) is 0. The first-order valence-electron chi connectivity index (χ1n) is 7.64. The minimum Gasteiger partial charge on any atom is -0.493 e. The number of ether oxygens (including phenoxy) is 3. The van der Waals surface area contributed by atoms with Crippen LogP contribution in [-0.2, 0) is 22.6 Å². The van der Waals surface area contributed by atoms with Crippen molar-refractivity contribution in [3.8, 4) is 11.5 Å². The molecule has 0 radical (unpaired) electrons. The van der Waals surface area contributed by atoms with Gasteiger partial charge >= 0.3 is 5.97 Å². The molecule has 0 heterocycles. The maximum absolute atomic E-state index is 11.9. The number of esters is 1. The number of aryl methyl sites for hydroxylation is 1. The van der Waals surface area contributed by atoms with Gasteiger partial charge in [-0.15, -0.1) is 0 Å². The molecule has 0 N–H and O–H groups in total. The van der Waals surface area contributed by atoms with E-state index in [0.29, 0.717) is 23.5 Å². The van der Waals surface area contributed by atoms with Crippen molar-refractivity contribution in [2.24, 2.45) is 0 Å². The van der Waals surface area contributed by atoms with Crippen LogP contribution in [-0.4, -0.2) is 25.1 Å². The van der Waals surface area contributed by atoms with Gasteiger partial charge < -0.3 is 14.2 Å². The Bertz CT molecular complexity index is 759. The monoisotopic (exact) mass is 345 g/mol. The molecule has 25 heavy (non-hydrogen) atoms. The summed E-state index contributed by atoms with van der Waals surface area (Å²) in [5, 5.41) is 10.9. The summed E-state index contributed by atoms with van der Waals surface area (Å²) in [6.45, 7) is -0.123. The lowest BCUT2D eigenvalue weighted by Gasteiger charge is -2.09. The van der Waals surface area contributed by atoms with Crippen LogP contribution in [0.1, 0.15) is 17.5 Å². The van der Waals surface area contributed by atoms with Gasteiger partial charge in [-0.3, -0.25) is 14.9 Å². The Morgan fingerprint density at radius 1 is 1.08 bits per heavy atom. The number of para-hydroxylation sites is 1. The minimum atomic E-state index is -0.493. The molecular formula is C18H19NO6. The molecule has 0 bridgehead atoms. The van der Waals surface area contributed by atoms with Gasteiger partial charge in [0.05, 0.1) is 24.7 Å². The van der Waals surface area contributed by atoms with Crippen LogP contribution in [0.5, 0.6) is 11.5 Å². The predicted octanol–water partition coefficient (Wildman–Crippen LogP) is 3.29. The highest BCUT2D eigenvalue weighted by atomic mass is 16.6. The van der Waals surface area contributed by atoms with E-state index >= 15 is 0 Å². The van der Waals surface area contributed by atoms with Crippen molar-refractivity contribution >= 4 is 11.7 Å². The molecule has 0 aliphatic heterocycles. The van der Waals surface area contributed by atoms with E-state index in [0.717, 1.165) is 5.56 Å². The average molecular weight is 345 g/mol. The fraction of sp³-hybridized carbons (Fsp3) is 0.278. The van der Waals surface area contributed by atoms with Crippen molar-refractivity contribution < 1.29 is 23.9 Å². The first-order chi connectivity index (χ1) is 12.0. The van der Waals surface area contributed by atoms with Crippen molar-refractivity contribution in [3.63, 3.8) is 0 Å². The van der Waals surface area contributed by atoms with Gasteiger partial charge in [0, 0.05) is 12.5 Å². The lowest BCUT2D eigenvalue weighted by Crippen LogP contribution is -2.07. The summed E-state index contributed by atoms with van der Waals surface area (Å²) in [5.41, 5.74) is 1.21. The van der Waals surface area contributed by atoms with Gasteiger partial charge in [0.1, 0.15) is 6.61 Å². The van der Waals surface area contributed by atoms with Crippen LogP contribution >= 0.6 is 0 Å². The van der Waals surface area contributed by atoms with Gasteiger partial charge in [-0.2, -0.15) is 0 Å². The van der Waals surface area contributed by atoms with Crippen molar-refractivity contribution in [3.05, 3.63) is 63.7 Å². The highest BCUT2D eigenvalue weighted by Gasteiger charge is 2.14. The van der Waals surface area contributed by atoms with Crippen molar-refractivity contribution in [2.45, 2.75) is 19.4 Å². The maximum atomic E-state index is 11.9. The number of rotatable bonds is 8. The summed E-state index contributed by atoms with van der Waals surface area (Å²) in [6.07, 6.45) is 0.631. The molecule has 0 unspecified atom stereocenters. The Balaban J connectivity index is 1.90. The van der Waals surface area contributed by atoms with Crippen LogP contribution < -0.4 is 9.47 Å². The number of carbonyl (C=O) groups is 1. The lowest BCUT2D eigenvalue weighted by molar-refractivity contribution is -0.385. The summed E-state index contributed by atoms with van der Waals surface area (Å²) in [4.78, 5) is 22.3. The summed E-state index contributed by atoms with van der Waals surface area (Å²) < 4.78 is 15.5. The third-order valence-electron chi connectivity index (χ3n) is 3.64. The molecule has 7 heteroatoms. The molecule has 2 aromatic carbocycles. The Morgan fingerprint density at radius 3 is 2.48 bits per heavy atom. The fourth-order valence-electron chi connectivity index (χ4n) is 2.32. The summed E-state index contributed by atoms with van der Waals surface area (Å²) in [5.74, 6) is 0.784. The maximum Gasteiger partial charge on any atom is 0.306 e. The highest BCUT2D eigenvalue weighted by Crippen LogP contribution is 2.28. The minimum absolute atomic E-state index is 0.0600. The Hall–Kier alpha value is -3.09. The highest BCUT2D eigenvalue weighted by molar-refractivity contribution is 5.70. The van der Waals surface area contributed by atoms with Crippen LogP contribution in [0.25, 0.3) is 0 Å². The van der Waals surface area contributed by atoms with Crippen LogP contribution in [0.4, 0.5) is 5.69 Å². The van der Waals surface area contributed by atoms with Crippen LogP contribution in [0.15, 0.2) is 42.5 Å². The second kappa shape index (κ2) is 8.68. The largest absolute Gasteiger partial charge is 0.493 e. The molecule has 0 saturated heterocycles. The molecule has 0 atom stereocenters. The number of nitrogens with zero attached hydrogens (tertiary/aromatic N) is 1. The molecule has 2 aromatic rings. The van der Waals surface area contributed by atoms with Crippen LogP contribution in [0.2, 0.25) is 0 Å². The van der Waals surface area contributed by atoms with E-state index < -0.39 is 10.9 Å². The van der Waals surface area contributed by atoms with Gasteiger partial charge in [-0.1, -0.05) is 18.2 Å². The molecule has 0 saturated carbocycles. The molecule has 0 aliphatic rings. The first-order valence-corrected chi connectivity index (χ1v) is 7.64. The fourth-order valence-corrected chi connectivity index (χ4v) is 2.32. The first kappa shape index (κ1) is 18.3. The van der Waals surface area contributed by atoms with Gasteiger partial charge in [0.25, 0.3) is 5.69 Å². The summed E-state index contributed by atoms with van der Waals surface area (Å²) in [6, 6.07) is 11.6. The van der Waals surface area contributed by atoms with E-state index in [1.807, 2.05) is 6.07 Å². The van der Waals surface area contributed by atoms with E-state index in [1.165, 1.54) is 6.07 Å². The molecule has 7 nitrogen and oxygen atoms in total. The van der Waals surface area contributed by atoms with E-state index in [9.17, 15) is 14.9 Å². The number of nitro groups is 1. The smallest absolute Gasteiger partial charge is 0.306 e. The third-order valence-corrected chi connectivity index (χ3v) is 3.64. The number of hydrogen-bond acceptors (Lipinski definition) is 6. The standard InChI is InChI=1S/C18H19NO6/c1-23-16-9-7-13(11-17(16)24-2)8-10-18(20)25-12-14-5-3-4-6-15(14)19(21)22/h3-7,9,11H,8,10,12H2,1-2H3. The molecule has 2 rings (SSSR count). The topological polar surface area (TPSA) is 87.9 Å². The Labute approximate surface area is 145 Å². The Kier molecular flexibility index (Phi) is 6.33. The molecule has 0 aromatic heterocycles. The van der Waals surface area contributed by atoms with Gasteiger partial charge in [-0.05, 0) is 30.2 Å². The SMILES string of the molecule is COc1ccc(CCC(=O)OCc2ccccc2[N+](=O)[O-])cc1OC. The van der Waals surface area contributed by atoms with Crippen molar-refractivity contribution in [1.29, 1.82) is 0 Å². The van der Waals surface area contributed by atoms with Crippen LogP contribution in [0.3, 0.4) is 0 Å². The van der Waals surface area contributed by atoms with E-state index in [2.05, 4.69) is 0 Å². The molecule has 0 aliphatic carbocycles.